The van der Waals surface area contributed by atoms with Gasteiger partial charge in [0, 0.05) is 6.04 Å². The molecule has 19 heavy (non-hydrogen) atoms. The Kier molecular flexibility index (Phi) is 3.88. The van der Waals surface area contributed by atoms with E-state index in [4.69, 9.17) is 4.74 Å². The summed E-state index contributed by atoms with van der Waals surface area (Å²) in [6.45, 7) is 5.37. The molecule has 1 aromatic rings. The van der Waals surface area contributed by atoms with Gasteiger partial charge in [-0.1, -0.05) is 17.7 Å². The van der Waals surface area contributed by atoms with E-state index in [9.17, 15) is 9.59 Å². The maximum atomic E-state index is 12.0. The summed E-state index contributed by atoms with van der Waals surface area (Å²) in [6, 6.07) is 5.87. The van der Waals surface area contributed by atoms with Crippen LogP contribution in [0.2, 0.25) is 0 Å². The SMILES string of the molecule is Cc1ccc(C)c(C(=O)OC(C)C(=O)NC2CC2)c1. The normalized spacial score (nSPS) is 15.7. The monoisotopic (exact) mass is 261 g/mol. The molecule has 0 bridgehead atoms. The van der Waals surface area contributed by atoms with Crippen molar-refractivity contribution in [1.82, 2.24) is 5.32 Å². The fourth-order valence-electron chi connectivity index (χ4n) is 1.78. The number of carbonyl (C=O) groups excluding carboxylic acids is 2. The van der Waals surface area contributed by atoms with Crippen LogP contribution in [0.15, 0.2) is 18.2 Å². The third-order valence-corrected chi connectivity index (χ3v) is 3.19. The van der Waals surface area contributed by atoms with Crippen molar-refractivity contribution in [2.45, 2.75) is 45.8 Å². The molecule has 4 heteroatoms. The molecule has 0 radical (unpaired) electrons. The number of hydrogen-bond acceptors (Lipinski definition) is 3. The van der Waals surface area contributed by atoms with Crippen LogP contribution in [-0.2, 0) is 9.53 Å². The quantitative estimate of drug-likeness (QED) is 0.845. The lowest BCUT2D eigenvalue weighted by Gasteiger charge is -2.14. The minimum absolute atomic E-state index is 0.221. The van der Waals surface area contributed by atoms with E-state index in [-0.39, 0.29) is 11.9 Å². The number of carbonyl (C=O) groups is 2. The summed E-state index contributed by atoms with van der Waals surface area (Å²) in [5.74, 6) is -0.666. The fourth-order valence-corrected chi connectivity index (χ4v) is 1.78. The zero-order valence-corrected chi connectivity index (χ0v) is 11.5. The van der Waals surface area contributed by atoms with Crippen LogP contribution in [0.1, 0.15) is 41.3 Å². The number of hydrogen-bond donors (Lipinski definition) is 1. The largest absolute Gasteiger partial charge is 0.449 e. The van der Waals surface area contributed by atoms with Crippen LogP contribution in [0.5, 0.6) is 0 Å². The van der Waals surface area contributed by atoms with E-state index in [0.29, 0.717) is 5.56 Å². The van der Waals surface area contributed by atoms with E-state index in [1.165, 1.54) is 0 Å². The van der Waals surface area contributed by atoms with Gasteiger partial charge in [0.2, 0.25) is 0 Å². The molecule has 0 heterocycles. The van der Waals surface area contributed by atoms with Crippen molar-refractivity contribution in [3.8, 4) is 0 Å². The van der Waals surface area contributed by atoms with Crippen molar-refractivity contribution >= 4 is 11.9 Å². The molecule has 1 fully saturated rings. The summed E-state index contributed by atoms with van der Waals surface area (Å²) in [7, 11) is 0. The van der Waals surface area contributed by atoms with Crippen molar-refractivity contribution in [3.63, 3.8) is 0 Å². The highest BCUT2D eigenvalue weighted by Gasteiger charge is 2.27. The van der Waals surface area contributed by atoms with Crippen LogP contribution in [0.3, 0.4) is 0 Å². The van der Waals surface area contributed by atoms with Gasteiger partial charge in [0.15, 0.2) is 6.10 Å². The van der Waals surface area contributed by atoms with Gasteiger partial charge in [-0.2, -0.15) is 0 Å². The van der Waals surface area contributed by atoms with Crippen LogP contribution in [0.25, 0.3) is 0 Å². The molecule has 1 unspecified atom stereocenters. The first kappa shape index (κ1) is 13.6. The Morgan fingerprint density at radius 1 is 1.32 bits per heavy atom. The van der Waals surface area contributed by atoms with E-state index in [2.05, 4.69) is 5.32 Å². The summed E-state index contributed by atoms with van der Waals surface area (Å²) < 4.78 is 5.21. The smallest absolute Gasteiger partial charge is 0.339 e. The molecule has 1 aliphatic carbocycles. The number of rotatable bonds is 4. The third kappa shape index (κ3) is 3.56. The van der Waals surface area contributed by atoms with Gasteiger partial charge in [-0.05, 0) is 45.2 Å². The van der Waals surface area contributed by atoms with Crippen molar-refractivity contribution in [1.29, 1.82) is 0 Å². The molecule has 1 amide bonds. The van der Waals surface area contributed by atoms with Crippen LogP contribution in [0.4, 0.5) is 0 Å². The molecule has 0 aliphatic heterocycles. The Bertz CT molecular complexity index is 506. The van der Waals surface area contributed by atoms with E-state index in [1.54, 1.807) is 13.0 Å². The number of aryl methyl sites for hydroxylation is 2. The summed E-state index contributed by atoms with van der Waals surface area (Å²) in [6.07, 6.45) is 1.28. The topological polar surface area (TPSA) is 55.4 Å². The highest BCUT2D eigenvalue weighted by Crippen LogP contribution is 2.19. The molecule has 1 aliphatic rings. The standard InChI is InChI=1S/C15H19NO3/c1-9-4-5-10(2)13(8-9)15(18)19-11(3)14(17)16-12-6-7-12/h4-5,8,11-12H,6-7H2,1-3H3,(H,16,17). The highest BCUT2D eigenvalue weighted by molar-refractivity contribution is 5.93. The van der Waals surface area contributed by atoms with Crippen molar-refractivity contribution in [3.05, 3.63) is 34.9 Å². The summed E-state index contributed by atoms with van der Waals surface area (Å²) in [5, 5.41) is 2.82. The molecule has 4 nitrogen and oxygen atoms in total. The summed E-state index contributed by atoms with van der Waals surface area (Å²) >= 11 is 0. The minimum Gasteiger partial charge on any atom is -0.449 e. The van der Waals surface area contributed by atoms with E-state index in [0.717, 1.165) is 24.0 Å². The van der Waals surface area contributed by atoms with Gasteiger partial charge in [-0.3, -0.25) is 4.79 Å². The summed E-state index contributed by atoms with van der Waals surface area (Å²) in [5.41, 5.74) is 2.36. The fraction of sp³-hybridized carbons (Fsp3) is 0.467. The Balaban J connectivity index is 1.99. The van der Waals surface area contributed by atoms with Crippen molar-refractivity contribution < 1.29 is 14.3 Å². The zero-order valence-electron chi connectivity index (χ0n) is 11.5. The van der Waals surface area contributed by atoms with Crippen LogP contribution in [0, 0.1) is 13.8 Å². The average Bonchev–Trinajstić information content (AvgIpc) is 3.15. The maximum absolute atomic E-state index is 12.0. The highest BCUT2D eigenvalue weighted by atomic mass is 16.5. The molecule has 0 saturated heterocycles. The Morgan fingerprint density at radius 3 is 2.63 bits per heavy atom. The van der Waals surface area contributed by atoms with E-state index < -0.39 is 12.1 Å². The molecule has 2 rings (SSSR count). The molecule has 102 valence electrons. The number of esters is 1. The van der Waals surface area contributed by atoms with Gasteiger partial charge >= 0.3 is 5.97 Å². The average molecular weight is 261 g/mol. The van der Waals surface area contributed by atoms with Crippen LogP contribution >= 0.6 is 0 Å². The maximum Gasteiger partial charge on any atom is 0.339 e. The van der Waals surface area contributed by atoms with Gasteiger partial charge < -0.3 is 10.1 Å². The predicted molar refractivity (Wildman–Crippen MR) is 72.0 cm³/mol. The molecular weight excluding hydrogens is 242 g/mol. The van der Waals surface area contributed by atoms with E-state index in [1.807, 2.05) is 26.0 Å². The van der Waals surface area contributed by atoms with Crippen molar-refractivity contribution in [2.24, 2.45) is 0 Å². The Labute approximate surface area is 113 Å². The second-order valence-corrected chi connectivity index (χ2v) is 5.15. The van der Waals surface area contributed by atoms with Gasteiger partial charge in [0.25, 0.3) is 5.91 Å². The molecule has 1 aromatic carbocycles. The number of ether oxygens (including phenoxy) is 1. The first-order valence-corrected chi connectivity index (χ1v) is 6.56. The number of nitrogens with one attached hydrogen (secondary N) is 1. The zero-order chi connectivity index (χ0) is 14.0. The van der Waals surface area contributed by atoms with Crippen LogP contribution in [-0.4, -0.2) is 24.0 Å². The predicted octanol–water partition coefficient (Wildman–Crippen LogP) is 2.13. The first-order valence-electron chi connectivity index (χ1n) is 6.56. The molecule has 0 spiro atoms. The Morgan fingerprint density at radius 2 is 2.00 bits per heavy atom. The lowest BCUT2D eigenvalue weighted by Crippen LogP contribution is -2.37. The lowest BCUT2D eigenvalue weighted by molar-refractivity contribution is -0.129. The second kappa shape index (κ2) is 5.43. The second-order valence-electron chi connectivity index (χ2n) is 5.15. The molecular formula is C15H19NO3. The number of amides is 1. The molecule has 1 saturated carbocycles. The van der Waals surface area contributed by atoms with Gasteiger partial charge in [-0.25, -0.2) is 4.79 Å². The van der Waals surface area contributed by atoms with Gasteiger partial charge in [0.05, 0.1) is 5.56 Å². The minimum atomic E-state index is -0.756. The van der Waals surface area contributed by atoms with E-state index >= 15 is 0 Å². The lowest BCUT2D eigenvalue weighted by atomic mass is 10.1. The summed E-state index contributed by atoms with van der Waals surface area (Å²) in [4.78, 5) is 23.8. The third-order valence-electron chi connectivity index (χ3n) is 3.19. The van der Waals surface area contributed by atoms with Gasteiger partial charge in [0.1, 0.15) is 0 Å². The van der Waals surface area contributed by atoms with Crippen molar-refractivity contribution in [2.75, 3.05) is 0 Å². The number of benzene rings is 1. The van der Waals surface area contributed by atoms with Gasteiger partial charge in [-0.15, -0.1) is 0 Å². The first-order chi connectivity index (χ1) is 8.97. The van der Waals surface area contributed by atoms with Crippen LogP contribution < -0.4 is 5.32 Å². The Hall–Kier alpha value is -1.84. The molecule has 1 N–H and O–H groups in total. The molecule has 0 aromatic heterocycles. The molecule has 1 atom stereocenters.